The third-order valence-corrected chi connectivity index (χ3v) is 9.81. The van der Waals surface area contributed by atoms with Crippen LogP contribution in [0.15, 0.2) is 84.2 Å². The zero-order chi connectivity index (χ0) is 39.6. The maximum absolute atomic E-state index is 14.0. The Balaban J connectivity index is 0.000000662. The molecule has 0 saturated carbocycles. The van der Waals surface area contributed by atoms with Gasteiger partial charge in [-0.2, -0.15) is 0 Å². The quantitative estimate of drug-likeness (QED) is 0.187. The largest absolute Gasteiger partial charge is 2.00 e. The summed E-state index contributed by atoms with van der Waals surface area (Å²) in [7, 11) is 0. The zero-order valence-corrected chi connectivity index (χ0v) is 33.5. The Morgan fingerprint density at radius 2 is 1.23 bits per heavy atom. The Hall–Kier alpha value is -5.84. The molecule has 7 heterocycles. The van der Waals surface area contributed by atoms with Gasteiger partial charge in [-0.3, -0.25) is 14.8 Å². The number of nitrogens with one attached hydrogen (secondary N) is 1. The first-order valence-corrected chi connectivity index (χ1v) is 18.3. The Morgan fingerprint density at radius 3 is 1.73 bits per heavy atom. The van der Waals surface area contributed by atoms with E-state index in [4.69, 9.17) is 15.0 Å². The van der Waals surface area contributed by atoms with E-state index in [1.807, 2.05) is 96.1 Å². The molecule has 0 aromatic carbocycles. The van der Waals surface area contributed by atoms with Crippen LogP contribution in [-0.2, 0) is 45.9 Å². The second-order valence-corrected chi connectivity index (χ2v) is 13.2. The zero-order valence-electron chi connectivity index (χ0n) is 34.4. The van der Waals surface area contributed by atoms with Crippen molar-refractivity contribution in [1.82, 2.24) is 29.9 Å². The smallest absolute Gasteiger partial charge is 0.657 e. The van der Waals surface area contributed by atoms with Crippen molar-refractivity contribution in [2.24, 2.45) is 0 Å². The third kappa shape index (κ3) is 9.87. The normalized spacial score (nSPS) is 11.2. The van der Waals surface area contributed by atoms with Crippen molar-refractivity contribution in [2.45, 2.75) is 80.1 Å². The van der Waals surface area contributed by atoms with Crippen molar-refractivity contribution in [1.29, 1.82) is 0 Å². The van der Waals surface area contributed by atoms with Gasteiger partial charge in [-0.1, -0.05) is 71.9 Å². The van der Waals surface area contributed by atoms with Crippen LogP contribution in [0.1, 0.15) is 87.7 Å². The predicted molar refractivity (Wildman–Crippen MR) is 214 cm³/mol. The maximum atomic E-state index is 14.0. The van der Waals surface area contributed by atoms with Crippen molar-refractivity contribution < 1.29 is 39.7 Å². The summed E-state index contributed by atoms with van der Waals surface area (Å²) in [6.07, 6.45) is 8.39. The summed E-state index contributed by atoms with van der Waals surface area (Å²) in [4.78, 5) is 62.4. The minimum atomic E-state index is -1.16. The van der Waals surface area contributed by atoms with Gasteiger partial charge >= 0.3 is 19.9 Å². The number of aromatic amines is 1. The van der Waals surface area contributed by atoms with Gasteiger partial charge in [-0.25, -0.2) is 4.98 Å². The molecule has 0 aliphatic carbocycles. The number of rotatable bonds is 8. The first-order valence-electron chi connectivity index (χ1n) is 18.3. The van der Waals surface area contributed by atoms with E-state index < -0.39 is 11.9 Å². The number of hydrogen-bond acceptors (Lipinski definition) is 8. The molecule has 6 aromatic rings. The summed E-state index contributed by atoms with van der Waals surface area (Å²) in [5, 5.41) is 22.8. The summed E-state index contributed by atoms with van der Waals surface area (Å²) >= 11 is 0. The van der Waals surface area contributed by atoms with Crippen molar-refractivity contribution in [3.8, 4) is 0 Å². The number of nitrogens with zero attached hydrogens (tertiary/aromatic N) is 5. The summed E-state index contributed by atoms with van der Waals surface area (Å²) in [5.74, 6) is -2.32. The van der Waals surface area contributed by atoms with Gasteiger partial charge in [0.2, 0.25) is 0 Å². The number of aryl methyl sites for hydroxylation is 6. The number of carbonyl (C=O) groups excluding carboxylic acids is 2. The van der Waals surface area contributed by atoms with Gasteiger partial charge in [-0.15, -0.1) is 16.6 Å². The fourth-order valence-electron chi connectivity index (χ4n) is 6.82. The number of pyridine rings is 2. The predicted octanol–water partition coefficient (Wildman–Crippen LogP) is 5.72. The first kappa shape index (κ1) is 42.9. The van der Waals surface area contributed by atoms with E-state index in [-0.39, 0.29) is 51.0 Å². The Labute approximate surface area is 339 Å². The van der Waals surface area contributed by atoms with Gasteiger partial charge in [0.15, 0.2) is 5.43 Å². The molecule has 8 bridgehead atoms. The Bertz CT molecular complexity index is 2470. The van der Waals surface area contributed by atoms with E-state index in [1.54, 1.807) is 24.8 Å². The molecule has 7 rings (SSSR count). The fourth-order valence-corrected chi connectivity index (χ4v) is 6.82. The number of carboxylic acid groups (broad SMARTS) is 2. The number of hydrogen-bond donors (Lipinski definition) is 1. The van der Waals surface area contributed by atoms with Crippen LogP contribution in [0.25, 0.3) is 44.2 Å². The summed E-state index contributed by atoms with van der Waals surface area (Å²) in [6.45, 7) is 11.7. The molecular formula is C44H46FeN6O5. The molecule has 1 N–H and O–H groups in total. The number of H-pyrrole nitrogens is 1. The van der Waals surface area contributed by atoms with Gasteiger partial charge in [0.05, 0.1) is 5.69 Å². The molecule has 1 aliphatic heterocycles. The molecular weight excluding hydrogens is 748 g/mol. The SMILES string of the molecule is CCC1=C(C)c2cc3[n-]c(cc4[nH]c(cc5[n-]c(c(C)c5CC)c(=O)c1n2)c(C)c4CCC(=O)[O-])c(CCC(=O)[O-])c3C.[Fe+2].[H+].[H+].c1ccncc1.c1ccncc1. The second-order valence-electron chi connectivity index (χ2n) is 13.2. The van der Waals surface area contributed by atoms with Crippen LogP contribution in [0.3, 0.4) is 0 Å². The van der Waals surface area contributed by atoms with Gasteiger partial charge in [0, 0.05) is 47.8 Å². The van der Waals surface area contributed by atoms with Crippen LogP contribution in [0, 0.1) is 20.8 Å². The van der Waals surface area contributed by atoms with Crippen LogP contribution in [0.2, 0.25) is 0 Å². The topological polar surface area (TPSA) is 180 Å². The van der Waals surface area contributed by atoms with E-state index in [9.17, 15) is 24.6 Å². The van der Waals surface area contributed by atoms with Gasteiger partial charge in [0.25, 0.3) is 0 Å². The Kier molecular flexibility index (Phi) is 15.1. The fraction of sp³-hybridized carbons (Fsp3) is 0.273. The molecule has 0 unspecified atom stereocenters. The average molecular weight is 795 g/mol. The molecule has 1 aliphatic rings. The van der Waals surface area contributed by atoms with Crippen molar-refractivity contribution in [3.05, 3.63) is 134 Å². The molecule has 0 spiro atoms. The maximum Gasteiger partial charge on any atom is 2.00 e. The number of carboxylic acids is 2. The average Bonchev–Trinajstić information content (AvgIpc) is 3.87. The van der Waals surface area contributed by atoms with Crippen LogP contribution in [0.4, 0.5) is 0 Å². The molecule has 290 valence electrons. The molecule has 0 saturated heterocycles. The monoisotopic (exact) mass is 794 g/mol. The summed E-state index contributed by atoms with van der Waals surface area (Å²) in [5.41, 5.74) is 11.2. The van der Waals surface area contributed by atoms with Gasteiger partial charge in [-0.05, 0) is 113 Å². The molecule has 11 nitrogen and oxygen atoms in total. The van der Waals surface area contributed by atoms with E-state index in [2.05, 4.69) is 15.0 Å². The minimum Gasteiger partial charge on any atom is -0.657 e. The van der Waals surface area contributed by atoms with Crippen molar-refractivity contribution >= 4 is 56.2 Å². The second kappa shape index (κ2) is 19.7. The van der Waals surface area contributed by atoms with Crippen LogP contribution < -0.4 is 25.6 Å². The molecule has 0 fully saturated rings. The van der Waals surface area contributed by atoms with E-state index in [1.165, 1.54) is 0 Å². The molecule has 56 heavy (non-hydrogen) atoms. The number of fused-ring (bicyclic) bond motifs is 8. The first-order chi connectivity index (χ1) is 26.4. The van der Waals surface area contributed by atoms with E-state index in [0.29, 0.717) is 51.8 Å². The minimum absolute atomic E-state index is 0. The van der Waals surface area contributed by atoms with E-state index >= 15 is 0 Å². The number of allylic oxidation sites excluding steroid dienone is 2. The van der Waals surface area contributed by atoms with Gasteiger partial charge < -0.3 is 34.8 Å². The molecule has 12 heteroatoms. The van der Waals surface area contributed by atoms with Crippen LogP contribution in [0.5, 0.6) is 0 Å². The Morgan fingerprint density at radius 1 is 0.679 bits per heavy atom. The molecule has 0 atom stereocenters. The number of carbonyl (C=O) groups is 2. The van der Waals surface area contributed by atoms with Gasteiger partial charge in [0.1, 0.15) is 5.69 Å². The van der Waals surface area contributed by atoms with Crippen LogP contribution in [-0.4, -0.2) is 31.9 Å². The number of aliphatic carboxylic acids is 2. The van der Waals surface area contributed by atoms with E-state index in [0.717, 1.165) is 50.0 Å². The summed E-state index contributed by atoms with van der Waals surface area (Å²) < 4.78 is 0. The third-order valence-electron chi connectivity index (χ3n) is 9.81. The summed E-state index contributed by atoms with van der Waals surface area (Å²) in [6, 6.07) is 17.0. The standard InChI is InChI=1S/C34H38N4O5.2C5H5N.Fe/c1-7-20-19(6)32-34(43)33-21(8-2)16(3)26(37-33)13-24-17(4)22(9-11-30(39)40)28(35-24)15-29-23(10-12-31(41)42)18(5)25(36-29)14-27(20)38-32;2*1-2-4-6-5-3-1;/h13-15H,7-12H2,1-6H3,(H5,35,36,37,38,39,40,41,42,43);2*1-5H;/q;;;+2/p-2. The molecule has 0 amide bonds. The molecule has 6 aromatic heterocycles. The van der Waals surface area contributed by atoms with Crippen LogP contribution >= 0.6 is 0 Å². The molecule has 0 radical (unpaired) electrons. The van der Waals surface area contributed by atoms with Crippen molar-refractivity contribution in [3.63, 3.8) is 0 Å². The number of aromatic nitrogens is 6. The van der Waals surface area contributed by atoms with Crippen molar-refractivity contribution in [2.75, 3.05) is 0 Å².